The lowest BCUT2D eigenvalue weighted by molar-refractivity contribution is 0.840. The Balaban J connectivity index is 1.51. The minimum absolute atomic E-state index is 0.183. The Labute approximate surface area is 206 Å². The Kier molecular flexibility index (Phi) is 6.22. The SMILES string of the molecule is Cc1ccc(-n2c(Cc3ccccc3)nnc2SCc2nc3cc(Cl)ccc3c(=O)[nH]2)c(C)c1. The highest BCUT2D eigenvalue weighted by Gasteiger charge is 2.17. The van der Waals surface area contributed by atoms with Crippen molar-refractivity contribution in [3.05, 3.63) is 110 Å². The van der Waals surface area contributed by atoms with Crippen molar-refractivity contribution >= 4 is 34.3 Å². The van der Waals surface area contributed by atoms with Crippen LogP contribution < -0.4 is 5.56 Å². The first kappa shape index (κ1) is 22.4. The van der Waals surface area contributed by atoms with Gasteiger partial charge in [-0.15, -0.1) is 10.2 Å². The van der Waals surface area contributed by atoms with E-state index in [2.05, 4.69) is 68.9 Å². The fraction of sp³-hybridized carbons (Fsp3) is 0.154. The maximum Gasteiger partial charge on any atom is 0.258 e. The molecular weight excluding hydrogens is 466 g/mol. The zero-order valence-corrected chi connectivity index (χ0v) is 20.3. The van der Waals surface area contributed by atoms with Gasteiger partial charge < -0.3 is 4.98 Å². The molecule has 170 valence electrons. The number of thioether (sulfide) groups is 1. The standard InChI is InChI=1S/C26H22ClN5OS/c1-16-8-11-22(17(2)12-16)32-24(13-18-6-4-3-5-7-18)30-31-26(32)34-15-23-28-21-14-19(27)9-10-20(21)25(33)29-23/h3-12,14H,13,15H2,1-2H3,(H,28,29,33). The predicted molar refractivity (Wildman–Crippen MR) is 137 cm³/mol. The summed E-state index contributed by atoms with van der Waals surface area (Å²) < 4.78 is 2.10. The monoisotopic (exact) mass is 487 g/mol. The number of aryl methyl sites for hydroxylation is 2. The molecule has 0 saturated carbocycles. The van der Waals surface area contributed by atoms with Crippen LogP contribution in [0.15, 0.2) is 76.7 Å². The second-order valence-corrected chi connectivity index (χ2v) is 9.53. The van der Waals surface area contributed by atoms with Gasteiger partial charge in [-0.2, -0.15) is 0 Å². The highest BCUT2D eigenvalue weighted by molar-refractivity contribution is 7.98. The summed E-state index contributed by atoms with van der Waals surface area (Å²) in [5, 5.41) is 10.8. The third kappa shape index (κ3) is 4.62. The fourth-order valence-corrected chi connectivity index (χ4v) is 4.95. The predicted octanol–water partition coefficient (Wildman–Crippen LogP) is 5.66. The van der Waals surface area contributed by atoms with Crippen molar-refractivity contribution in [2.75, 3.05) is 0 Å². The Morgan fingerprint density at radius 3 is 2.62 bits per heavy atom. The Morgan fingerprint density at radius 2 is 1.82 bits per heavy atom. The lowest BCUT2D eigenvalue weighted by atomic mass is 10.1. The van der Waals surface area contributed by atoms with Crippen LogP contribution in [0.5, 0.6) is 0 Å². The van der Waals surface area contributed by atoms with E-state index in [9.17, 15) is 4.79 Å². The summed E-state index contributed by atoms with van der Waals surface area (Å²) in [5.74, 6) is 1.85. The summed E-state index contributed by atoms with van der Waals surface area (Å²) in [7, 11) is 0. The molecule has 34 heavy (non-hydrogen) atoms. The van der Waals surface area contributed by atoms with E-state index in [4.69, 9.17) is 11.6 Å². The molecule has 2 aromatic heterocycles. The van der Waals surface area contributed by atoms with E-state index in [0.717, 1.165) is 27.8 Å². The Morgan fingerprint density at radius 1 is 1.00 bits per heavy atom. The molecule has 0 amide bonds. The summed E-state index contributed by atoms with van der Waals surface area (Å²) in [6.45, 7) is 4.17. The number of nitrogens with one attached hydrogen (secondary N) is 1. The molecule has 0 aliphatic carbocycles. The molecule has 5 aromatic rings. The molecule has 1 N–H and O–H groups in total. The van der Waals surface area contributed by atoms with Crippen molar-refractivity contribution in [1.29, 1.82) is 0 Å². The molecule has 0 atom stereocenters. The second-order valence-electron chi connectivity index (χ2n) is 8.15. The van der Waals surface area contributed by atoms with E-state index in [1.54, 1.807) is 18.2 Å². The molecule has 0 radical (unpaired) electrons. The minimum atomic E-state index is -0.183. The summed E-state index contributed by atoms with van der Waals surface area (Å²) in [5.41, 5.74) is 4.93. The number of hydrogen-bond donors (Lipinski definition) is 1. The summed E-state index contributed by atoms with van der Waals surface area (Å²) in [6, 6.07) is 21.7. The van der Waals surface area contributed by atoms with Crippen LogP contribution in [0.3, 0.4) is 0 Å². The summed E-state index contributed by atoms with van der Waals surface area (Å²) >= 11 is 7.59. The van der Waals surface area contributed by atoms with Crippen LogP contribution in [0, 0.1) is 13.8 Å². The quantitative estimate of drug-likeness (QED) is 0.313. The molecule has 0 unspecified atom stereocenters. The highest BCUT2D eigenvalue weighted by atomic mass is 35.5. The third-order valence-corrected chi connectivity index (χ3v) is 6.73. The molecule has 3 aromatic carbocycles. The van der Waals surface area contributed by atoms with Gasteiger partial charge in [0.05, 0.1) is 22.3 Å². The van der Waals surface area contributed by atoms with E-state index in [1.165, 1.54) is 17.3 Å². The summed E-state index contributed by atoms with van der Waals surface area (Å²) in [6.07, 6.45) is 0.658. The molecule has 6 nitrogen and oxygen atoms in total. The topological polar surface area (TPSA) is 76.5 Å². The van der Waals surface area contributed by atoms with Crippen molar-refractivity contribution in [1.82, 2.24) is 24.7 Å². The molecule has 0 spiro atoms. The maximum absolute atomic E-state index is 12.5. The maximum atomic E-state index is 12.5. The Bertz CT molecular complexity index is 1540. The van der Waals surface area contributed by atoms with E-state index in [0.29, 0.717) is 33.9 Å². The van der Waals surface area contributed by atoms with Crippen molar-refractivity contribution in [3.63, 3.8) is 0 Å². The molecular formula is C26H22ClN5OS. The van der Waals surface area contributed by atoms with Gasteiger partial charge in [-0.05, 0) is 49.2 Å². The van der Waals surface area contributed by atoms with E-state index in [-0.39, 0.29) is 5.56 Å². The van der Waals surface area contributed by atoms with Crippen molar-refractivity contribution < 1.29 is 0 Å². The van der Waals surface area contributed by atoms with Crippen LogP contribution in [-0.4, -0.2) is 24.7 Å². The van der Waals surface area contributed by atoms with Gasteiger partial charge in [-0.25, -0.2) is 4.98 Å². The van der Waals surface area contributed by atoms with Crippen molar-refractivity contribution in [2.45, 2.75) is 31.2 Å². The molecule has 0 saturated heterocycles. The smallest absolute Gasteiger partial charge is 0.258 e. The van der Waals surface area contributed by atoms with Crippen LogP contribution in [0.25, 0.3) is 16.6 Å². The molecule has 0 fully saturated rings. The Hall–Kier alpha value is -3.42. The van der Waals surface area contributed by atoms with Gasteiger partial charge in [0.2, 0.25) is 0 Å². The second kappa shape index (κ2) is 9.44. The highest BCUT2D eigenvalue weighted by Crippen LogP contribution is 2.28. The lowest BCUT2D eigenvalue weighted by Gasteiger charge is -2.13. The first-order valence-corrected chi connectivity index (χ1v) is 12.2. The number of halogens is 1. The van der Waals surface area contributed by atoms with E-state index in [1.807, 2.05) is 18.2 Å². The van der Waals surface area contributed by atoms with Crippen LogP contribution >= 0.6 is 23.4 Å². The average Bonchev–Trinajstić information content (AvgIpc) is 3.20. The van der Waals surface area contributed by atoms with Gasteiger partial charge in [0.1, 0.15) is 11.6 Å². The van der Waals surface area contributed by atoms with Crippen molar-refractivity contribution in [3.8, 4) is 5.69 Å². The van der Waals surface area contributed by atoms with Crippen LogP contribution in [-0.2, 0) is 12.2 Å². The van der Waals surface area contributed by atoms with Gasteiger partial charge in [0.15, 0.2) is 5.16 Å². The molecule has 2 heterocycles. The van der Waals surface area contributed by atoms with Crippen LogP contribution in [0.4, 0.5) is 0 Å². The first-order chi connectivity index (χ1) is 16.5. The number of aromatic amines is 1. The zero-order chi connectivity index (χ0) is 23.7. The van der Waals surface area contributed by atoms with Crippen molar-refractivity contribution in [2.24, 2.45) is 0 Å². The average molecular weight is 488 g/mol. The molecule has 5 rings (SSSR count). The van der Waals surface area contributed by atoms with Gasteiger partial charge in [0.25, 0.3) is 5.56 Å². The van der Waals surface area contributed by atoms with Gasteiger partial charge >= 0.3 is 0 Å². The van der Waals surface area contributed by atoms with Crippen LogP contribution in [0.1, 0.15) is 28.3 Å². The number of hydrogen-bond acceptors (Lipinski definition) is 5. The van der Waals surface area contributed by atoms with E-state index < -0.39 is 0 Å². The first-order valence-electron chi connectivity index (χ1n) is 10.8. The molecule has 0 bridgehead atoms. The normalized spacial score (nSPS) is 11.3. The molecule has 8 heteroatoms. The van der Waals surface area contributed by atoms with Gasteiger partial charge in [-0.3, -0.25) is 9.36 Å². The number of benzene rings is 3. The fourth-order valence-electron chi connectivity index (χ4n) is 3.95. The largest absolute Gasteiger partial charge is 0.309 e. The lowest BCUT2D eigenvalue weighted by Crippen LogP contribution is -2.11. The van der Waals surface area contributed by atoms with Crippen LogP contribution in [0.2, 0.25) is 5.02 Å². The van der Waals surface area contributed by atoms with E-state index >= 15 is 0 Å². The molecule has 0 aliphatic rings. The number of fused-ring (bicyclic) bond motifs is 1. The molecule has 0 aliphatic heterocycles. The number of aromatic nitrogens is 5. The number of nitrogens with zero attached hydrogens (tertiary/aromatic N) is 4. The number of rotatable bonds is 6. The van der Waals surface area contributed by atoms with Gasteiger partial charge in [-0.1, -0.05) is 71.4 Å². The zero-order valence-electron chi connectivity index (χ0n) is 18.7. The minimum Gasteiger partial charge on any atom is -0.309 e. The van der Waals surface area contributed by atoms with Gasteiger partial charge in [0, 0.05) is 11.4 Å². The summed E-state index contributed by atoms with van der Waals surface area (Å²) in [4.78, 5) is 20.0. The third-order valence-electron chi connectivity index (χ3n) is 5.55. The number of H-pyrrole nitrogens is 1.